The fourth-order valence-corrected chi connectivity index (χ4v) is 1.86. The van der Waals surface area contributed by atoms with E-state index in [9.17, 15) is 8.78 Å². The summed E-state index contributed by atoms with van der Waals surface area (Å²) < 4.78 is 31.7. The Kier molecular flexibility index (Phi) is 4.21. The molecule has 3 nitrogen and oxygen atoms in total. The summed E-state index contributed by atoms with van der Waals surface area (Å²) in [6.45, 7) is 5.43. The molecule has 0 spiro atoms. The topological polar surface area (TPSA) is 47.6 Å². The molecule has 0 unspecified atom stereocenters. The molecular weight excluding hydrogens is 274 g/mol. The molecule has 21 heavy (non-hydrogen) atoms. The van der Waals surface area contributed by atoms with E-state index >= 15 is 0 Å². The second kappa shape index (κ2) is 5.91. The van der Waals surface area contributed by atoms with Crippen molar-refractivity contribution >= 4 is 11.5 Å². The predicted octanol–water partition coefficient (Wildman–Crippen LogP) is 4.38. The Balaban J connectivity index is 2.34. The van der Waals surface area contributed by atoms with Crippen LogP contribution in [0.25, 0.3) is 0 Å². The molecule has 2 rings (SSSR count). The van der Waals surface area contributed by atoms with Crippen molar-refractivity contribution in [2.75, 3.05) is 0 Å². The molecule has 0 aliphatic carbocycles. The van der Waals surface area contributed by atoms with Gasteiger partial charge >= 0.3 is 0 Å². The lowest BCUT2D eigenvalue weighted by Gasteiger charge is -2.11. The van der Waals surface area contributed by atoms with Crippen molar-refractivity contribution < 1.29 is 13.5 Å². The normalized spacial score (nSPS) is 11.6. The van der Waals surface area contributed by atoms with E-state index in [1.165, 1.54) is 6.07 Å². The number of nitrogens with zero attached hydrogens (tertiary/aromatic N) is 1. The van der Waals surface area contributed by atoms with E-state index in [2.05, 4.69) is 4.99 Å². The van der Waals surface area contributed by atoms with Gasteiger partial charge in [0.1, 0.15) is 11.5 Å². The fraction of sp³-hybridized carbons (Fsp3) is 0.188. The summed E-state index contributed by atoms with van der Waals surface area (Å²) in [6.07, 6.45) is 0. The van der Waals surface area contributed by atoms with Crippen molar-refractivity contribution in [3.8, 4) is 11.5 Å². The molecule has 0 bridgehead atoms. The number of amidine groups is 1. The summed E-state index contributed by atoms with van der Waals surface area (Å²) in [5.74, 6) is -0.582. The van der Waals surface area contributed by atoms with Gasteiger partial charge in [0.25, 0.3) is 0 Å². The van der Waals surface area contributed by atoms with Crippen LogP contribution in [0.15, 0.2) is 35.3 Å². The number of hydrogen-bond donors (Lipinski definition) is 1. The van der Waals surface area contributed by atoms with Crippen molar-refractivity contribution in [3.05, 3.63) is 53.1 Å². The molecule has 0 aliphatic rings. The van der Waals surface area contributed by atoms with Crippen LogP contribution < -0.4 is 10.5 Å². The highest BCUT2D eigenvalue weighted by Gasteiger charge is 2.08. The van der Waals surface area contributed by atoms with Gasteiger partial charge in [0.15, 0.2) is 11.6 Å². The largest absolute Gasteiger partial charge is 0.457 e. The minimum absolute atomic E-state index is 0.239. The van der Waals surface area contributed by atoms with Gasteiger partial charge in [-0.3, -0.25) is 0 Å². The highest BCUT2D eigenvalue weighted by Crippen LogP contribution is 2.31. The van der Waals surface area contributed by atoms with Gasteiger partial charge in [-0.25, -0.2) is 13.8 Å². The molecule has 2 N–H and O–H groups in total. The lowest BCUT2D eigenvalue weighted by atomic mass is 10.1. The molecule has 2 aromatic carbocycles. The first-order valence-corrected chi connectivity index (χ1v) is 6.41. The Morgan fingerprint density at radius 1 is 1.05 bits per heavy atom. The number of nitrogens with two attached hydrogens (primary N) is 1. The maximum atomic E-state index is 13.2. The fourth-order valence-electron chi connectivity index (χ4n) is 1.86. The van der Waals surface area contributed by atoms with Crippen LogP contribution in [0.5, 0.6) is 11.5 Å². The number of ether oxygens (including phenoxy) is 1. The van der Waals surface area contributed by atoms with Gasteiger partial charge < -0.3 is 10.5 Å². The van der Waals surface area contributed by atoms with E-state index < -0.39 is 11.6 Å². The van der Waals surface area contributed by atoms with Crippen molar-refractivity contribution in [2.24, 2.45) is 10.7 Å². The van der Waals surface area contributed by atoms with Crippen LogP contribution in [-0.4, -0.2) is 5.84 Å². The number of aliphatic imine (C=N–C) groups is 1. The highest BCUT2D eigenvalue weighted by atomic mass is 19.2. The quantitative estimate of drug-likeness (QED) is 0.673. The molecule has 0 amide bonds. The predicted molar refractivity (Wildman–Crippen MR) is 79.3 cm³/mol. The van der Waals surface area contributed by atoms with E-state index in [4.69, 9.17) is 10.5 Å². The minimum atomic E-state index is -0.943. The van der Waals surface area contributed by atoms with Gasteiger partial charge in [-0.2, -0.15) is 0 Å². The van der Waals surface area contributed by atoms with Crippen molar-refractivity contribution in [2.45, 2.75) is 20.8 Å². The molecule has 2 aromatic rings. The molecule has 110 valence electrons. The maximum Gasteiger partial charge on any atom is 0.162 e. The zero-order valence-electron chi connectivity index (χ0n) is 12.1. The average Bonchev–Trinajstić information content (AvgIpc) is 2.39. The first kappa shape index (κ1) is 15.0. The zero-order valence-corrected chi connectivity index (χ0v) is 12.1. The first-order valence-electron chi connectivity index (χ1n) is 6.41. The van der Waals surface area contributed by atoms with Crippen molar-refractivity contribution in [1.29, 1.82) is 0 Å². The second-order valence-corrected chi connectivity index (χ2v) is 4.84. The summed E-state index contributed by atoms with van der Waals surface area (Å²) in [5.41, 5.74) is 8.03. The van der Waals surface area contributed by atoms with Crippen LogP contribution in [0.2, 0.25) is 0 Å². The molecule has 0 fully saturated rings. The Labute approximate surface area is 122 Å². The SMILES string of the molecule is CC(N)=Nc1cc(C)c(Oc2ccc(F)c(F)c2)cc1C. The molecular formula is C16H16F2N2O. The monoisotopic (exact) mass is 290 g/mol. The molecule has 0 saturated carbocycles. The number of aryl methyl sites for hydroxylation is 2. The van der Waals surface area contributed by atoms with Crippen LogP contribution in [0.1, 0.15) is 18.1 Å². The molecule has 0 heterocycles. The van der Waals surface area contributed by atoms with Crippen LogP contribution in [0.3, 0.4) is 0 Å². The third-order valence-electron chi connectivity index (χ3n) is 2.91. The van der Waals surface area contributed by atoms with E-state index in [0.717, 1.165) is 28.9 Å². The minimum Gasteiger partial charge on any atom is -0.457 e. The Hall–Kier alpha value is -2.43. The van der Waals surface area contributed by atoms with E-state index in [-0.39, 0.29) is 5.75 Å². The average molecular weight is 290 g/mol. The molecule has 0 aliphatic heterocycles. The maximum absolute atomic E-state index is 13.2. The molecule has 0 aromatic heterocycles. The number of halogens is 2. The highest BCUT2D eigenvalue weighted by molar-refractivity contribution is 5.81. The Morgan fingerprint density at radius 3 is 2.38 bits per heavy atom. The van der Waals surface area contributed by atoms with Crippen LogP contribution in [0.4, 0.5) is 14.5 Å². The Bertz CT molecular complexity index is 708. The van der Waals surface area contributed by atoms with Crippen LogP contribution in [0, 0.1) is 25.5 Å². The van der Waals surface area contributed by atoms with Crippen molar-refractivity contribution in [1.82, 2.24) is 0 Å². The molecule has 0 saturated heterocycles. The van der Waals surface area contributed by atoms with E-state index in [1.807, 2.05) is 19.9 Å². The first-order chi connectivity index (χ1) is 9.86. The summed E-state index contributed by atoms with van der Waals surface area (Å²) in [6, 6.07) is 7.05. The summed E-state index contributed by atoms with van der Waals surface area (Å²) in [4.78, 5) is 4.22. The van der Waals surface area contributed by atoms with Gasteiger partial charge in [0.2, 0.25) is 0 Å². The van der Waals surface area contributed by atoms with Crippen LogP contribution in [-0.2, 0) is 0 Å². The summed E-state index contributed by atoms with van der Waals surface area (Å²) >= 11 is 0. The summed E-state index contributed by atoms with van der Waals surface area (Å²) in [7, 11) is 0. The van der Waals surface area contributed by atoms with Gasteiger partial charge in [-0.15, -0.1) is 0 Å². The molecule has 5 heteroatoms. The van der Waals surface area contributed by atoms with E-state index in [0.29, 0.717) is 11.6 Å². The standard InChI is InChI=1S/C16H16F2N2O/c1-9-7-16(10(2)6-15(9)20-11(3)19)21-12-4-5-13(17)14(18)8-12/h4-8H,1-3H3,(H2,19,20). The van der Waals surface area contributed by atoms with Crippen LogP contribution >= 0.6 is 0 Å². The lowest BCUT2D eigenvalue weighted by Crippen LogP contribution is -2.04. The van der Waals surface area contributed by atoms with E-state index in [1.54, 1.807) is 13.0 Å². The van der Waals surface area contributed by atoms with Crippen molar-refractivity contribution in [3.63, 3.8) is 0 Å². The summed E-state index contributed by atoms with van der Waals surface area (Å²) in [5, 5.41) is 0. The Morgan fingerprint density at radius 2 is 1.76 bits per heavy atom. The molecule has 0 atom stereocenters. The smallest absolute Gasteiger partial charge is 0.162 e. The van der Waals surface area contributed by atoms with Gasteiger partial charge in [-0.1, -0.05) is 0 Å². The second-order valence-electron chi connectivity index (χ2n) is 4.84. The number of benzene rings is 2. The number of hydrogen-bond acceptors (Lipinski definition) is 2. The van der Waals surface area contributed by atoms with Gasteiger partial charge in [0.05, 0.1) is 11.5 Å². The lowest BCUT2D eigenvalue weighted by molar-refractivity contribution is 0.459. The van der Waals surface area contributed by atoms with Gasteiger partial charge in [0, 0.05) is 6.07 Å². The number of rotatable bonds is 3. The van der Waals surface area contributed by atoms with Gasteiger partial charge in [-0.05, 0) is 56.2 Å². The third kappa shape index (κ3) is 3.56. The third-order valence-corrected chi connectivity index (χ3v) is 2.91. The molecule has 0 radical (unpaired) electrons. The zero-order chi connectivity index (χ0) is 15.6.